The highest BCUT2D eigenvalue weighted by Crippen LogP contribution is 2.21. The average Bonchev–Trinajstić information content (AvgIpc) is 3.11. The van der Waals surface area contributed by atoms with Gasteiger partial charge in [0, 0.05) is 35.5 Å². The van der Waals surface area contributed by atoms with Crippen LogP contribution in [0.3, 0.4) is 0 Å². The van der Waals surface area contributed by atoms with Crippen molar-refractivity contribution in [2.24, 2.45) is 0 Å². The Labute approximate surface area is 120 Å². The third-order valence-corrected chi connectivity index (χ3v) is 4.17. The van der Waals surface area contributed by atoms with Crippen LogP contribution in [0.2, 0.25) is 0 Å². The number of hydrogen-bond donors (Lipinski definition) is 1. The lowest BCUT2D eigenvalue weighted by molar-refractivity contribution is 0.620. The van der Waals surface area contributed by atoms with Crippen LogP contribution in [0.1, 0.15) is 24.1 Å². The number of nitrogens with zero attached hydrogens (tertiary/aromatic N) is 1. The molecule has 1 aliphatic rings. The summed E-state index contributed by atoms with van der Waals surface area (Å²) in [5.74, 6) is -0.209. The summed E-state index contributed by atoms with van der Waals surface area (Å²) in [6.45, 7) is 1.66. The lowest BCUT2D eigenvalue weighted by Gasteiger charge is -2.11. The zero-order valence-electron chi connectivity index (χ0n) is 10.6. The van der Waals surface area contributed by atoms with Gasteiger partial charge in [0.2, 0.25) is 0 Å². The summed E-state index contributed by atoms with van der Waals surface area (Å²) in [6.07, 6.45) is 4.66. The van der Waals surface area contributed by atoms with Gasteiger partial charge in [-0.3, -0.25) is 0 Å². The van der Waals surface area contributed by atoms with Gasteiger partial charge in [0.05, 0.1) is 0 Å². The number of benzene rings is 1. The maximum Gasteiger partial charge on any atom is 0.124 e. The molecule has 0 bridgehead atoms. The summed E-state index contributed by atoms with van der Waals surface area (Å²) in [5, 5.41) is 3.52. The van der Waals surface area contributed by atoms with Crippen molar-refractivity contribution in [2.45, 2.75) is 32.0 Å². The third-order valence-electron chi connectivity index (χ3n) is 3.43. The van der Waals surface area contributed by atoms with Crippen LogP contribution in [-0.2, 0) is 13.1 Å². The van der Waals surface area contributed by atoms with E-state index in [4.69, 9.17) is 0 Å². The first kappa shape index (κ1) is 12.9. The Bertz CT molecular complexity index is 575. The first-order valence-corrected chi connectivity index (χ1v) is 7.33. The Morgan fingerprint density at radius 3 is 2.89 bits per heavy atom. The third kappa shape index (κ3) is 3.25. The van der Waals surface area contributed by atoms with E-state index in [1.165, 1.54) is 30.7 Å². The fraction of sp³-hybridized carbons (Fsp3) is 0.333. The number of aromatic nitrogens is 1. The summed E-state index contributed by atoms with van der Waals surface area (Å²) in [7, 11) is 0. The van der Waals surface area contributed by atoms with E-state index in [0.717, 1.165) is 23.1 Å². The van der Waals surface area contributed by atoms with Crippen LogP contribution in [0.15, 0.2) is 41.0 Å². The van der Waals surface area contributed by atoms with E-state index >= 15 is 0 Å². The summed E-state index contributed by atoms with van der Waals surface area (Å²) >= 11 is 3.42. The highest BCUT2D eigenvalue weighted by atomic mass is 79.9. The van der Waals surface area contributed by atoms with Crippen molar-refractivity contribution < 1.29 is 4.39 Å². The number of rotatable bonds is 5. The molecule has 1 aromatic heterocycles. The Morgan fingerprint density at radius 2 is 2.16 bits per heavy atom. The monoisotopic (exact) mass is 322 g/mol. The van der Waals surface area contributed by atoms with Crippen molar-refractivity contribution in [1.29, 1.82) is 0 Å². The van der Waals surface area contributed by atoms with E-state index in [9.17, 15) is 4.39 Å². The SMILES string of the molecule is Fc1ccc(Cn2cccc2CNC2CC2)c(Br)c1. The second kappa shape index (κ2) is 5.47. The standard InChI is InChI=1S/C15H16BrFN2/c16-15-8-12(17)4-3-11(15)10-19-7-1-2-14(19)9-18-13-5-6-13/h1-4,7-8,13,18H,5-6,9-10H2. The van der Waals surface area contributed by atoms with Crippen LogP contribution in [0.4, 0.5) is 4.39 Å². The van der Waals surface area contributed by atoms with Gasteiger partial charge >= 0.3 is 0 Å². The topological polar surface area (TPSA) is 17.0 Å². The van der Waals surface area contributed by atoms with E-state index in [1.807, 2.05) is 6.07 Å². The molecule has 1 heterocycles. The quantitative estimate of drug-likeness (QED) is 0.888. The maximum atomic E-state index is 13.1. The zero-order chi connectivity index (χ0) is 13.2. The molecule has 2 aromatic rings. The van der Waals surface area contributed by atoms with Crippen molar-refractivity contribution in [1.82, 2.24) is 9.88 Å². The largest absolute Gasteiger partial charge is 0.346 e. The highest BCUT2D eigenvalue weighted by Gasteiger charge is 2.20. The molecule has 1 fully saturated rings. The van der Waals surface area contributed by atoms with Crippen molar-refractivity contribution in [3.8, 4) is 0 Å². The Hall–Kier alpha value is -1.13. The second-order valence-electron chi connectivity index (χ2n) is 5.02. The lowest BCUT2D eigenvalue weighted by Crippen LogP contribution is -2.18. The second-order valence-corrected chi connectivity index (χ2v) is 5.87. The molecule has 0 radical (unpaired) electrons. The molecule has 0 spiro atoms. The van der Waals surface area contributed by atoms with E-state index in [2.05, 4.69) is 44.1 Å². The minimum atomic E-state index is -0.209. The zero-order valence-corrected chi connectivity index (χ0v) is 12.2. The molecule has 3 rings (SSSR count). The maximum absolute atomic E-state index is 13.1. The summed E-state index contributed by atoms with van der Waals surface area (Å²) in [4.78, 5) is 0. The molecule has 4 heteroatoms. The van der Waals surface area contributed by atoms with Crippen LogP contribution in [0.5, 0.6) is 0 Å². The Kier molecular flexibility index (Phi) is 3.71. The molecule has 0 aliphatic heterocycles. The normalized spacial score (nSPS) is 14.8. The van der Waals surface area contributed by atoms with Gasteiger partial charge in [0.15, 0.2) is 0 Å². The van der Waals surface area contributed by atoms with Gasteiger partial charge in [0.25, 0.3) is 0 Å². The number of nitrogens with one attached hydrogen (secondary N) is 1. The summed E-state index contributed by atoms with van der Waals surface area (Å²) in [6, 6.07) is 9.75. The van der Waals surface area contributed by atoms with Gasteiger partial charge in [0.1, 0.15) is 5.82 Å². The number of hydrogen-bond acceptors (Lipinski definition) is 1. The van der Waals surface area contributed by atoms with Crippen LogP contribution < -0.4 is 5.32 Å². The molecule has 0 saturated heterocycles. The predicted octanol–water partition coefficient (Wildman–Crippen LogP) is 3.69. The number of halogens is 2. The van der Waals surface area contributed by atoms with Gasteiger partial charge in [-0.05, 0) is 42.7 Å². The fourth-order valence-electron chi connectivity index (χ4n) is 2.13. The van der Waals surface area contributed by atoms with Crippen molar-refractivity contribution in [3.63, 3.8) is 0 Å². The minimum Gasteiger partial charge on any atom is -0.346 e. The molecular formula is C15H16BrFN2. The van der Waals surface area contributed by atoms with Gasteiger partial charge in [-0.25, -0.2) is 4.39 Å². The molecule has 2 nitrogen and oxygen atoms in total. The van der Waals surface area contributed by atoms with E-state index < -0.39 is 0 Å². The summed E-state index contributed by atoms with van der Waals surface area (Å²) < 4.78 is 16.1. The molecule has 1 saturated carbocycles. The molecule has 19 heavy (non-hydrogen) atoms. The van der Waals surface area contributed by atoms with Gasteiger partial charge in [-0.1, -0.05) is 22.0 Å². The molecule has 1 aromatic carbocycles. The summed E-state index contributed by atoms with van der Waals surface area (Å²) in [5.41, 5.74) is 2.35. The highest BCUT2D eigenvalue weighted by molar-refractivity contribution is 9.10. The first-order valence-electron chi connectivity index (χ1n) is 6.54. The van der Waals surface area contributed by atoms with Crippen molar-refractivity contribution in [3.05, 3.63) is 58.1 Å². The first-order chi connectivity index (χ1) is 9.22. The molecule has 0 atom stereocenters. The molecule has 0 amide bonds. The molecule has 1 aliphatic carbocycles. The Morgan fingerprint density at radius 1 is 1.32 bits per heavy atom. The molecular weight excluding hydrogens is 307 g/mol. The molecule has 100 valence electrons. The predicted molar refractivity (Wildman–Crippen MR) is 77.5 cm³/mol. The fourth-order valence-corrected chi connectivity index (χ4v) is 2.61. The average molecular weight is 323 g/mol. The Balaban J connectivity index is 1.73. The van der Waals surface area contributed by atoms with Gasteiger partial charge < -0.3 is 9.88 Å². The van der Waals surface area contributed by atoms with Crippen molar-refractivity contribution >= 4 is 15.9 Å². The van der Waals surface area contributed by atoms with Gasteiger partial charge in [-0.2, -0.15) is 0 Å². The van der Waals surface area contributed by atoms with Crippen LogP contribution in [0.25, 0.3) is 0 Å². The lowest BCUT2D eigenvalue weighted by atomic mass is 10.2. The van der Waals surface area contributed by atoms with E-state index in [1.54, 1.807) is 0 Å². The van der Waals surface area contributed by atoms with Crippen LogP contribution in [0, 0.1) is 5.82 Å². The van der Waals surface area contributed by atoms with Crippen LogP contribution in [-0.4, -0.2) is 10.6 Å². The molecule has 0 unspecified atom stereocenters. The van der Waals surface area contributed by atoms with E-state index in [0.29, 0.717) is 6.04 Å². The van der Waals surface area contributed by atoms with Crippen LogP contribution >= 0.6 is 15.9 Å². The smallest absolute Gasteiger partial charge is 0.124 e. The van der Waals surface area contributed by atoms with Crippen molar-refractivity contribution in [2.75, 3.05) is 0 Å². The molecule has 1 N–H and O–H groups in total. The minimum absolute atomic E-state index is 0.209. The van der Waals surface area contributed by atoms with Gasteiger partial charge in [-0.15, -0.1) is 0 Å². The van der Waals surface area contributed by atoms with E-state index in [-0.39, 0.29) is 5.82 Å².